The molecule has 0 saturated carbocycles. The number of hydrogen-bond acceptors (Lipinski definition) is 6. The van der Waals surface area contributed by atoms with E-state index in [1.54, 1.807) is 11.8 Å². The third-order valence-corrected chi connectivity index (χ3v) is 3.21. The molecule has 0 heterocycles. The van der Waals surface area contributed by atoms with E-state index < -0.39 is 39.0 Å². The zero-order valence-corrected chi connectivity index (χ0v) is 16.4. The van der Waals surface area contributed by atoms with Crippen LogP contribution in [0.5, 0.6) is 0 Å². The van der Waals surface area contributed by atoms with E-state index >= 15 is 0 Å². The summed E-state index contributed by atoms with van der Waals surface area (Å²) in [5.74, 6) is 0. The molecule has 2 N–H and O–H groups in total. The first-order chi connectivity index (χ1) is 13.1. The molecule has 0 aliphatic heterocycles. The summed E-state index contributed by atoms with van der Waals surface area (Å²) in [5.41, 5.74) is 0. The predicted molar refractivity (Wildman–Crippen MR) is 119 cm³/mol. The van der Waals surface area contributed by atoms with Gasteiger partial charge in [0.15, 0.2) is 6.86 Å². The van der Waals surface area contributed by atoms with Crippen LogP contribution in [0, 0.1) is 0 Å². The minimum atomic E-state index is -4.11. The molecule has 0 aromatic heterocycles. The van der Waals surface area contributed by atoms with Crippen LogP contribution in [-0.4, -0.2) is 98.4 Å². The molecule has 0 aliphatic rings. The Labute approximate surface area is 191 Å². The van der Waals surface area contributed by atoms with Crippen LogP contribution in [0.1, 0.15) is 56.4 Å². The molecule has 0 aromatic rings. The van der Waals surface area contributed by atoms with Crippen molar-refractivity contribution in [3.63, 3.8) is 0 Å². The molecule has 0 rings (SSSR count). The highest BCUT2D eigenvalue weighted by atomic mass is 19.3. The highest BCUT2D eigenvalue weighted by Crippen LogP contribution is 2.23. The number of alkyl halides is 6. The van der Waals surface area contributed by atoms with Gasteiger partial charge in [0.05, 0.1) is 19.8 Å². The Morgan fingerprint density at radius 2 is 1.12 bits per heavy atom. The van der Waals surface area contributed by atoms with Crippen molar-refractivity contribution >= 4 is 0 Å². The zero-order chi connectivity index (χ0) is 22.1. The van der Waals surface area contributed by atoms with E-state index in [-0.39, 0.29) is 56.0 Å². The minimum Gasteiger partial charge on any atom is -0.395 e. The minimum absolute atomic E-state index is 0. The van der Waals surface area contributed by atoms with Gasteiger partial charge in [0, 0.05) is 19.6 Å². The number of halogens is 6. The molecule has 0 fully saturated rings. The lowest BCUT2D eigenvalue weighted by atomic mass is 10.4. The van der Waals surface area contributed by atoms with Crippen LogP contribution in [0.4, 0.5) is 26.3 Å². The highest BCUT2D eigenvalue weighted by Gasteiger charge is 2.39. The number of hydrogen-bond donors (Lipinski definition) is 2. The normalized spacial score (nSPS) is 10.9. The first-order valence-corrected chi connectivity index (χ1v) is 8.93. The SMILES string of the molecule is C.C.C.C.CCCN(CCO)CC(F)(F)OCC(F)(F)OCF.CCCN(CF)CCO. The molecule has 204 valence electrons. The lowest BCUT2D eigenvalue weighted by molar-refractivity contribution is -0.332. The Morgan fingerprint density at radius 1 is 0.688 bits per heavy atom. The van der Waals surface area contributed by atoms with Crippen LogP contribution in [0.2, 0.25) is 0 Å². The van der Waals surface area contributed by atoms with Gasteiger partial charge in [-0.3, -0.25) is 14.5 Å². The molecule has 12 heteroatoms. The standard InChI is InChI=1S/C10H18F5NO3.C6H14FNO.4CH4/c1-2-3-16(4-5-17)6-9(12,13)18-7-10(14,15)19-8-11;1-2-3-8(6-7)4-5-9;;;;/h17H,2-8H2,1H3;9H,2-6H2,1H3;4*1H4. The van der Waals surface area contributed by atoms with E-state index in [2.05, 4.69) is 9.47 Å². The van der Waals surface area contributed by atoms with Crippen molar-refractivity contribution in [3.05, 3.63) is 0 Å². The maximum Gasteiger partial charge on any atom is 0.381 e. The summed E-state index contributed by atoms with van der Waals surface area (Å²) in [6.45, 7) is -0.0743. The maximum atomic E-state index is 13.3. The van der Waals surface area contributed by atoms with Gasteiger partial charge in [-0.25, -0.2) is 8.78 Å². The maximum absolute atomic E-state index is 13.3. The predicted octanol–water partition coefficient (Wildman–Crippen LogP) is 5.00. The average molecular weight is 495 g/mol. The lowest BCUT2D eigenvalue weighted by Crippen LogP contribution is -2.43. The molecule has 0 spiro atoms. The lowest BCUT2D eigenvalue weighted by Gasteiger charge is -2.27. The summed E-state index contributed by atoms with van der Waals surface area (Å²) in [4.78, 5) is 2.74. The van der Waals surface area contributed by atoms with Crippen molar-refractivity contribution in [2.24, 2.45) is 0 Å². The number of aliphatic hydroxyl groups excluding tert-OH is 2. The summed E-state index contributed by atoms with van der Waals surface area (Å²) < 4.78 is 82.2. The van der Waals surface area contributed by atoms with Crippen molar-refractivity contribution < 1.29 is 46.0 Å². The molecule has 0 amide bonds. The first kappa shape index (κ1) is 44.9. The van der Waals surface area contributed by atoms with Crippen molar-refractivity contribution in [1.29, 1.82) is 0 Å². The van der Waals surface area contributed by atoms with Crippen LogP contribution in [0.25, 0.3) is 0 Å². The van der Waals surface area contributed by atoms with Crippen LogP contribution < -0.4 is 0 Å². The topological polar surface area (TPSA) is 65.4 Å². The molecule has 0 bridgehead atoms. The van der Waals surface area contributed by atoms with Crippen LogP contribution in [0.15, 0.2) is 0 Å². The Hall–Kier alpha value is -0.660. The fourth-order valence-corrected chi connectivity index (χ4v) is 2.03. The third kappa shape index (κ3) is 27.4. The van der Waals surface area contributed by atoms with Crippen molar-refractivity contribution in [3.8, 4) is 0 Å². The van der Waals surface area contributed by atoms with Crippen molar-refractivity contribution in [2.45, 2.75) is 68.6 Å². The fourth-order valence-electron chi connectivity index (χ4n) is 2.03. The summed E-state index contributed by atoms with van der Waals surface area (Å²) in [5, 5.41) is 17.1. The second kappa shape index (κ2) is 26.6. The highest BCUT2D eigenvalue weighted by molar-refractivity contribution is 4.65. The second-order valence-corrected chi connectivity index (χ2v) is 5.78. The molecular weight excluding hydrogens is 446 g/mol. The van der Waals surface area contributed by atoms with E-state index in [9.17, 15) is 26.3 Å². The van der Waals surface area contributed by atoms with Gasteiger partial charge in [-0.15, -0.1) is 0 Å². The molecule has 0 atom stereocenters. The molecular formula is C20H48F6N2O4. The monoisotopic (exact) mass is 494 g/mol. The Bertz CT molecular complexity index is 348. The smallest absolute Gasteiger partial charge is 0.381 e. The van der Waals surface area contributed by atoms with E-state index in [1.165, 1.54) is 4.90 Å². The largest absolute Gasteiger partial charge is 0.395 e. The second-order valence-electron chi connectivity index (χ2n) is 5.78. The van der Waals surface area contributed by atoms with E-state index in [1.807, 2.05) is 6.92 Å². The Balaban J connectivity index is -0.000000113. The molecule has 0 aromatic carbocycles. The van der Waals surface area contributed by atoms with Gasteiger partial charge in [0.2, 0.25) is 0 Å². The zero-order valence-electron chi connectivity index (χ0n) is 16.4. The van der Waals surface area contributed by atoms with Gasteiger partial charge in [0.25, 0.3) is 0 Å². The van der Waals surface area contributed by atoms with E-state index in [0.717, 1.165) is 13.0 Å². The molecule has 0 saturated heterocycles. The molecule has 6 nitrogen and oxygen atoms in total. The molecule has 0 aliphatic carbocycles. The van der Waals surface area contributed by atoms with Gasteiger partial charge in [0.1, 0.15) is 13.4 Å². The molecule has 0 unspecified atom stereocenters. The quantitative estimate of drug-likeness (QED) is 0.233. The average Bonchev–Trinajstić information content (AvgIpc) is 2.61. The number of aliphatic hydroxyl groups is 2. The Morgan fingerprint density at radius 3 is 1.50 bits per heavy atom. The van der Waals surface area contributed by atoms with Gasteiger partial charge >= 0.3 is 12.2 Å². The van der Waals surface area contributed by atoms with Crippen LogP contribution in [0.3, 0.4) is 0 Å². The number of nitrogens with zero attached hydrogens (tertiary/aromatic N) is 2. The summed E-state index contributed by atoms with van der Waals surface area (Å²) in [7, 11) is 0. The Kier molecular flexibility index (Phi) is 37.3. The van der Waals surface area contributed by atoms with E-state index in [4.69, 9.17) is 10.2 Å². The summed E-state index contributed by atoms with van der Waals surface area (Å²) >= 11 is 0. The van der Waals surface area contributed by atoms with Crippen molar-refractivity contribution in [1.82, 2.24) is 9.80 Å². The van der Waals surface area contributed by atoms with Gasteiger partial charge in [-0.2, -0.15) is 17.6 Å². The van der Waals surface area contributed by atoms with Gasteiger partial charge in [-0.05, 0) is 19.4 Å². The van der Waals surface area contributed by atoms with Crippen molar-refractivity contribution in [2.75, 3.05) is 66.2 Å². The summed E-state index contributed by atoms with van der Waals surface area (Å²) in [6, 6.07) is 0. The fraction of sp³-hybridized carbons (Fsp3) is 1.00. The van der Waals surface area contributed by atoms with Gasteiger partial charge < -0.3 is 14.9 Å². The number of ether oxygens (including phenoxy) is 2. The molecule has 32 heavy (non-hydrogen) atoms. The van der Waals surface area contributed by atoms with Crippen LogP contribution >= 0.6 is 0 Å². The summed E-state index contributed by atoms with van der Waals surface area (Å²) in [6.07, 6.45) is -6.46. The molecule has 0 radical (unpaired) electrons. The van der Waals surface area contributed by atoms with Crippen LogP contribution in [-0.2, 0) is 9.47 Å². The third-order valence-electron chi connectivity index (χ3n) is 3.21. The number of rotatable bonds is 16. The first-order valence-electron chi connectivity index (χ1n) is 8.93. The van der Waals surface area contributed by atoms with E-state index in [0.29, 0.717) is 13.0 Å². The van der Waals surface area contributed by atoms with Gasteiger partial charge in [-0.1, -0.05) is 43.6 Å².